The van der Waals surface area contributed by atoms with Gasteiger partial charge in [-0.05, 0) is 71.5 Å². The van der Waals surface area contributed by atoms with Crippen molar-refractivity contribution in [3.63, 3.8) is 0 Å². The molecule has 1 aromatic heterocycles. The molecule has 2 aromatic carbocycles. The zero-order chi connectivity index (χ0) is 34.2. The maximum absolute atomic E-state index is 13.5. The molecule has 258 valence electrons. The highest BCUT2D eigenvalue weighted by molar-refractivity contribution is 7.13. The molecule has 4 N–H and O–H groups in total. The summed E-state index contributed by atoms with van der Waals surface area (Å²) < 4.78 is 30.5. The number of benzene rings is 2. The lowest BCUT2D eigenvalue weighted by Gasteiger charge is -2.28. The van der Waals surface area contributed by atoms with E-state index in [4.69, 9.17) is 19.9 Å². The number of carbonyl (C=O) groups is 2. The van der Waals surface area contributed by atoms with Crippen LogP contribution >= 0.6 is 11.3 Å². The summed E-state index contributed by atoms with van der Waals surface area (Å²) >= 11 is 1.67. The van der Waals surface area contributed by atoms with Gasteiger partial charge in [-0.3, -0.25) is 9.59 Å². The lowest BCUT2D eigenvalue weighted by Crippen LogP contribution is -2.52. The fraction of sp³-hybridized carbons (Fsp3) is 0.514. The van der Waals surface area contributed by atoms with Gasteiger partial charge in [0.15, 0.2) is 0 Å². The lowest BCUT2D eigenvalue weighted by molar-refractivity contribution is -0.133. The minimum absolute atomic E-state index is 0.0622. The number of carbonyl (C=O) groups excluding carboxylic acids is 2. The van der Waals surface area contributed by atoms with Crippen LogP contribution in [0.4, 0.5) is 4.39 Å². The van der Waals surface area contributed by atoms with Crippen molar-refractivity contribution in [3.8, 4) is 16.2 Å². The average Bonchev–Trinajstić information content (AvgIpc) is 3.60. The Labute approximate surface area is 283 Å². The van der Waals surface area contributed by atoms with Gasteiger partial charge >= 0.3 is 0 Å². The second kappa shape index (κ2) is 20.1. The van der Waals surface area contributed by atoms with Crippen LogP contribution in [0.1, 0.15) is 64.5 Å². The number of amides is 2. The van der Waals surface area contributed by atoms with E-state index in [2.05, 4.69) is 28.1 Å². The van der Waals surface area contributed by atoms with E-state index >= 15 is 0 Å². The Morgan fingerprint density at radius 1 is 0.979 bits per heavy atom. The number of methoxy groups -OCH3 is 1. The van der Waals surface area contributed by atoms with Gasteiger partial charge in [0.1, 0.15) is 17.6 Å². The van der Waals surface area contributed by atoms with Crippen molar-refractivity contribution < 1.29 is 28.2 Å². The standard InChI is InChI=1S/C37H52FN3O5S/c1-6-26(4)35(37(43)40-22-27-10-13-29(38)14-11-27)41-36(42)31(25(2)3)17-15-30(39)24-45-23-28-12-16-32(34-9-7-20-47-34)33(21-28)46-19-8-18-44-5/h7,9-14,16,20-21,25-26,30-31,35H,6,8,15,17-19,22-24,39H2,1-5H3,(H,40,43)(H,41,42)/t26?,30?,31-,35?/m0/s1. The summed E-state index contributed by atoms with van der Waals surface area (Å²) in [6, 6.07) is 15.3. The second-order valence-corrected chi connectivity index (χ2v) is 13.4. The second-order valence-electron chi connectivity index (χ2n) is 12.4. The Hall–Kier alpha value is -3.31. The van der Waals surface area contributed by atoms with E-state index in [1.807, 2.05) is 45.9 Å². The molecule has 8 nitrogen and oxygen atoms in total. The summed E-state index contributed by atoms with van der Waals surface area (Å²) in [6.45, 7) is 10.2. The van der Waals surface area contributed by atoms with E-state index in [-0.39, 0.29) is 48.0 Å². The van der Waals surface area contributed by atoms with E-state index < -0.39 is 6.04 Å². The molecule has 2 amide bonds. The Bertz CT molecular complexity index is 1350. The summed E-state index contributed by atoms with van der Waals surface area (Å²) in [5.74, 6) is -0.224. The van der Waals surface area contributed by atoms with Crippen LogP contribution in [0.5, 0.6) is 5.75 Å². The number of nitrogens with one attached hydrogen (secondary N) is 2. The molecule has 47 heavy (non-hydrogen) atoms. The molecule has 0 bridgehead atoms. The number of hydrogen-bond donors (Lipinski definition) is 3. The maximum Gasteiger partial charge on any atom is 0.243 e. The summed E-state index contributed by atoms with van der Waals surface area (Å²) in [5.41, 5.74) is 9.27. The van der Waals surface area contributed by atoms with Gasteiger partial charge in [-0.25, -0.2) is 4.39 Å². The predicted molar refractivity (Wildman–Crippen MR) is 187 cm³/mol. The van der Waals surface area contributed by atoms with Gasteiger partial charge in [-0.2, -0.15) is 0 Å². The molecular formula is C37H52FN3O5S. The smallest absolute Gasteiger partial charge is 0.243 e. The maximum atomic E-state index is 13.5. The summed E-state index contributed by atoms with van der Waals surface area (Å²) in [4.78, 5) is 27.8. The molecule has 10 heteroatoms. The van der Waals surface area contributed by atoms with Crippen LogP contribution in [-0.2, 0) is 32.2 Å². The van der Waals surface area contributed by atoms with Crippen molar-refractivity contribution >= 4 is 23.2 Å². The van der Waals surface area contributed by atoms with E-state index in [9.17, 15) is 14.0 Å². The molecular weight excluding hydrogens is 617 g/mol. The zero-order valence-electron chi connectivity index (χ0n) is 28.4. The summed E-state index contributed by atoms with van der Waals surface area (Å²) in [7, 11) is 1.68. The van der Waals surface area contributed by atoms with E-state index in [0.717, 1.165) is 40.2 Å². The lowest BCUT2D eigenvalue weighted by atomic mass is 9.88. The molecule has 3 unspecified atom stereocenters. The molecule has 0 aliphatic rings. The highest BCUT2D eigenvalue weighted by Gasteiger charge is 2.30. The molecule has 0 spiro atoms. The number of hydrogen-bond acceptors (Lipinski definition) is 7. The Balaban J connectivity index is 1.52. The van der Waals surface area contributed by atoms with Gasteiger partial charge in [0.2, 0.25) is 11.8 Å². The molecule has 1 heterocycles. The monoisotopic (exact) mass is 669 g/mol. The summed E-state index contributed by atoms with van der Waals surface area (Å²) in [6.07, 6.45) is 2.70. The molecule has 0 aliphatic heterocycles. The Kier molecular flexibility index (Phi) is 16.3. The minimum atomic E-state index is -0.675. The van der Waals surface area contributed by atoms with Crippen molar-refractivity contribution in [1.82, 2.24) is 10.6 Å². The Morgan fingerprint density at radius 3 is 2.38 bits per heavy atom. The van der Waals surface area contributed by atoms with Crippen molar-refractivity contribution in [3.05, 3.63) is 76.9 Å². The average molecular weight is 670 g/mol. The molecule has 3 rings (SSSR count). The van der Waals surface area contributed by atoms with Gasteiger partial charge < -0.3 is 30.6 Å². The number of rotatable bonds is 21. The van der Waals surface area contributed by atoms with E-state index in [1.165, 1.54) is 12.1 Å². The molecule has 3 aromatic rings. The van der Waals surface area contributed by atoms with E-state index in [0.29, 0.717) is 39.3 Å². The van der Waals surface area contributed by atoms with Crippen LogP contribution < -0.4 is 21.1 Å². The van der Waals surface area contributed by atoms with Crippen LogP contribution in [0, 0.1) is 23.6 Å². The number of halogens is 1. The normalized spacial score (nSPS) is 14.0. The molecule has 0 saturated heterocycles. The van der Waals surface area contributed by atoms with Crippen LogP contribution in [0.3, 0.4) is 0 Å². The third-order valence-corrected chi connectivity index (χ3v) is 9.25. The van der Waals surface area contributed by atoms with Crippen LogP contribution in [0.15, 0.2) is 60.0 Å². The van der Waals surface area contributed by atoms with Gasteiger partial charge in [-0.15, -0.1) is 11.3 Å². The summed E-state index contributed by atoms with van der Waals surface area (Å²) in [5, 5.41) is 7.97. The highest BCUT2D eigenvalue weighted by atomic mass is 32.1. The first-order valence-electron chi connectivity index (χ1n) is 16.6. The third kappa shape index (κ3) is 12.7. The Morgan fingerprint density at radius 2 is 1.72 bits per heavy atom. The van der Waals surface area contributed by atoms with Gasteiger partial charge in [0.25, 0.3) is 0 Å². The van der Waals surface area contributed by atoms with E-state index in [1.54, 1.807) is 30.6 Å². The quantitative estimate of drug-likeness (QED) is 0.109. The first-order valence-corrected chi connectivity index (χ1v) is 17.4. The van der Waals surface area contributed by atoms with Crippen molar-refractivity contribution in [1.29, 1.82) is 0 Å². The number of thiophene rings is 1. The molecule has 0 saturated carbocycles. The first-order chi connectivity index (χ1) is 22.6. The predicted octanol–water partition coefficient (Wildman–Crippen LogP) is 6.71. The van der Waals surface area contributed by atoms with Crippen molar-refractivity contribution in [2.75, 3.05) is 26.9 Å². The minimum Gasteiger partial charge on any atom is -0.493 e. The topological polar surface area (TPSA) is 112 Å². The van der Waals surface area contributed by atoms with Crippen LogP contribution in [-0.4, -0.2) is 50.8 Å². The molecule has 4 atom stereocenters. The molecule has 0 radical (unpaired) electrons. The number of nitrogens with two attached hydrogens (primary N) is 1. The van der Waals surface area contributed by atoms with Crippen LogP contribution in [0.25, 0.3) is 10.4 Å². The van der Waals surface area contributed by atoms with Gasteiger partial charge in [0, 0.05) is 49.1 Å². The number of ether oxygens (including phenoxy) is 3. The van der Waals surface area contributed by atoms with Crippen molar-refractivity contribution in [2.45, 2.75) is 78.6 Å². The zero-order valence-corrected chi connectivity index (χ0v) is 29.2. The van der Waals surface area contributed by atoms with Crippen LogP contribution in [0.2, 0.25) is 0 Å². The largest absolute Gasteiger partial charge is 0.493 e. The van der Waals surface area contributed by atoms with Gasteiger partial charge in [0.05, 0.1) is 19.8 Å². The fourth-order valence-electron chi connectivity index (χ4n) is 5.23. The fourth-order valence-corrected chi connectivity index (χ4v) is 5.99. The van der Waals surface area contributed by atoms with Gasteiger partial charge in [-0.1, -0.05) is 58.4 Å². The molecule has 0 aliphatic carbocycles. The molecule has 0 fully saturated rings. The SMILES string of the molecule is CCC(C)C(NC(=O)[C@@H](CCC(N)COCc1ccc(-c2cccs2)c(OCCCOC)c1)C(C)C)C(=O)NCc1ccc(F)cc1. The highest BCUT2D eigenvalue weighted by Crippen LogP contribution is 2.34. The van der Waals surface area contributed by atoms with Crippen molar-refractivity contribution in [2.24, 2.45) is 23.5 Å². The first kappa shape index (κ1) is 38.1. The third-order valence-electron chi connectivity index (χ3n) is 8.35.